The largest absolute Gasteiger partial charge is 0.316 e. The molecule has 1 heterocycles. The summed E-state index contributed by atoms with van der Waals surface area (Å²) in [6.45, 7) is 5.23. The first-order valence-electron chi connectivity index (χ1n) is 5.11. The number of alkyl halides is 2. The molecule has 1 N–H and O–H groups in total. The Morgan fingerprint density at radius 3 is 2.36 bits per heavy atom. The normalized spacial score (nSPS) is 39.6. The maximum absolute atomic E-state index is 13.5. The molecule has 0 aromatic heterocycles. The maximum atomic E-state index is 13.5. The summed E-state index contributed by atoms with van der Waals surface area (Å²) in [5.74, 6) is -2.68. The van der Waals surface area contributed by atoms with Gasteiger partial charge >= 0.3 is 0 Å². The molecule has 1 saturated carbocycles. The van der Waals surface area contributed by atoms with E-state index in [9.17, 15) is 8.78 Å². The Balaban J connectivity index is 0.000000980. The van der Waals surface area contributed by atoms with Crippen LogP contribution in [0.15, 0.2) is 0 Å². The smallest absolute Gasteiger partial charge is 0.259 e. The van der Waals surface area contributed by atoms with Gasteiger partial charge in [0.2, 0.25) is 0 Å². The summed E-state index contributed by atoms with van der Waals surface area (Å²) in [5.41, 5.74) is -0.681. The van der Waals surface area contributed by atoms with Crippen molar-refractivity contribution in [2.75, 3.05) is 13.1 Å². The van der Waals surface area contributed by atoms with Crippen LogP contribution in [0.2, 0.25) is 0 Å². The van der Waals surface area contributed by atoms with E-state index in [1.807, 2.05) is 13.8 Å². The van der Waals surface area contributed by atoms with Crippen molar-refractivity contribution in [3.63, 3.8) is 0 Å². The van der Waals surface area contributed by atoms with E-state index in [1.165, 1.54) is 0 Å². The zero-order valence-electron chi connectivity index (χ0n) is 8.65. The van der Waals surface area contributed by atoms with Crippen molar-refractivity contribution >= 4 is 12.4 Å². The van der Waals surface area contributed by atoms with Crippen LogP contribution in [-0.2, 0) is 0 Å². The van der Waals surface area contributed by atoms with E-state index in [2.05, 4.69) is 5.32 Å². The average Bonchev–Trinajstić information content (AvgIpc) is 2.48. The van der Waals surface area contributed by atoms with E-state index in [0.717, 1.165) is 13.0 Å². The molecule has 1 saturated heterocycles. The summed E-state index contributed by atoms with van der Waals surface area (Å²) in [5, 5.41) is 3.10. The molecular formula is C10H18ClF2N. The van der Waals surface area contributed by atoms with Crippen LogP contribution >= 0.6 is 12.4 Å². The van der Waals surface area contributed by atoms with Crippen LogP contribution < -0.4 is 5.32 Å². The van der Waals surface area contributed by atoms with E-state index in [4.69, 9.17) is 0 Å². The second-order valence-electron chi connectivity index (χ2n) is 4.78. The molecule has 2 unspecified atom stereocenters. The lowest BCUT2D eigenvalue weighted by molar-refractivity contribution is 0.0458. The monoisotopic (exact) mass is 225 g/mol. The lowest BCUT2D eigenvalue weighted by Gasteiger charge is -2.23. The third-order valence-corrected chi connectivity index (χ3v) is 3.65. The minimum Gasteiger partial charge on any atom is -0.316 e. The molecule has 2 atom stereocenters. The third-order valence-electron chi connectivity index (χ3n) is 3.65. The molecule has 0 amide bonds. The van der Waals surface area contributed by atoms with Gasteiger partial charge < -0.3 is 5.32 Å². The van der Waals surface area contributed by atoms with Crippen LogP contribution in [0.5, 0.6) is 0 Å². The highest BCUT2D eigenvalue weighted by molar-refractivity contribution is 5.85. The Labute approximate surface area is 90.0 Å². The van der Waals surface area contributed by atoms with Gasteiger partial charge in [-0.1, -0.05) is 13.8 Å². The fraction of sp³-hybridized carbons (Fsp3) is 1.00. The second kappa shape index (κ2) is 3.60. The number of piperidine rings is 1. The van der Waals surface area contributed by atoms with Crippen LogP contribution in [-0.4, -0.2) is 19.0 Å². The Morgan fingerprint density at radius 2 is 2.00 bits per heavy atom. The Morgan fingerprint density at radius 1 is 1.36 bits per heavy atom. The summed E-state index contributed by atoms with van der Waals surface area (Å²) < 4.78 is 27.1. The maximum Gasteiger partial charge on any atom is 0.259 e. The topological polar surface area (TPSA) is 12.0 Å². The van der Waals surface area contributed by atoms with Crippen LogP contribution in [0.3, 0.4) is 0 Å². The van der Waals surface area contributed by atoms with Gasteiger partial charge in [0, 0.05) is 12.5 Å². The van der Waals surface area contributed by atoms with Crippen molar-refractivity contribution < 1.29 is 8.78 Å². The summed E-state index contributed by atoms with van der Waals surface area (Å²) >= 11 is 0. The van der Waals surface area contributed by atoms with Crippen LogP contribution in [0.1, 0.15) is 26.7 Å². The molecule has 0 radical (unpaired) electrons. The highest BCUT2D eigenvalue weighted by atomic mass is 35.5. The van der Waals surface area contributed by atoms with Crippen LogP contribution in [0, 0.1) is 17.3 Å². The molecule has 2 fully saturated rings. The van der Waals surface area contributed by atoms with Crippen molar-refractivity contribution in [2.45, 2.75) is 32.6 Å². The highest BCUT2D eigenvalue weighted by Crippen LogP contribution is 2.71. The number of rotatable bonds is 1. The predicted octanol–water partition coefficient (Wildman–Crippen LogP) is 2.70. The van der Waals surface area contributed by atoms with Gasteiger partial charge in [-0.15, -0.1) is 12.4 Å². The first-order chi connectivity index (χ1) is 6.02. The van der Waals surface area contributed by atoms with E-state index >= 15 is 0 Å². The minimum atomic E-state index is -2.41. The van der Waals surface area contributed by atoms with Gasteiger partial charge in [-0.25, -0.2) is 8.78 Å². The molecule has 4 heteroatoms. The van der Waals surface area contributed by atoms with Gasteiger partial charge in [0.1, 0.15) is 0 Å². The summed E-state index contributed by atoms with van der Waals surface area (Å²) in [6.07, 6.45) is 1.61. The van der Waals surface area contributed by atoms with Crippen LogP contribution in [0.4, 0.5) is 8.78 Å². The van der Waals surface area contributed by atoms with Gasteiger partial charge in [0.05, 0.1) is 5.41 Å². The SMILES string of the molecule is CC(C)C1C(F)(F)C12CCCNC2.Cl. The molecule has 1 nitrogen and oxygen atoms in total. The predicted molar refractivity (Wildman–Crippen MR) is 55.1 cm³/mol. The molecule has 1 aliphatic heterocycles. The number of nitrogens with one attached hydrogen (secondary N) is 1. The lowest BCUT2D eigenvalue weighted by Crippen LogP contribution is -2.35. The molecule has 84 valence electrons. The van der Waals surface area contributed by atoms with Gasteiger partial charge in [0.15, 0.2) is 0 Å². The van der Waals surface area contributed by atoms with Crippen molar-refractivity contribution in [1.82, 2.24) is 5.32 Å². The number of hydrogen-bond donors (Lipinski definition) is 1. The summed E-state index contributed by atoms with van der Waals surface area (Å²) in [4.78, 5) is 0. The molecule has 0 bridgehead atoms. The fourth-order valence-electron chi connectivity index (χ4n) is 3.08. The Hall–Kier alpha value is 0.110. The molecular weight excluding hydrogens is 208 g/mol. The van der Waals surface area contributed by atoms with Crippen molar-refractivity contribution in [2.24, 2.45) is 17.3 Å². The van der Waals surface area contributed by atoms with E-state index in [1.54, 1.807) is 0 Å². The molecule has 0 aromatic rings. The number of halogens is 3. The quantitative estimate of drug-likeness (QED) is 0.724. The van der Waals surface area contributed by atoms with E-state index in [0.29, 0.717) is 13.0 Å². The van der Waals surface area contributed by atoms with Gasteiger partial charge in [0.25, 0.3) is 5.92 Å². The second-order valence-corrected chi connectivity index (χ2v) is 4.78. The summed E-state index contributed by atoms with van der Waals surface area (Å²) in [6, 6.07) is 0. The van der Waals surface area contributed by atoms with Gasteiger partial charge in [-0.05, 0) is 25.3 Å². The van der Waals surface area contributed by atoms with Gasteiger partial charge in [-0.2, -0.15) is 0 Å². The first kappa shape index (κ1) is 12.2. The van der Waals surface area contributed by atoms with Crippen LogP contribution in [0.25, 0.3) is 0 Å². The average molecular weight is 226 g/mol. The standard InChI is InChI=1S/C10H17F2N.ClH/c1-7(2)8-9(10(8,11)12)4-3-5-13-6-9;/h7-8,13H,3-6H2,1-2H3;1H. The molecule has 1 aliphatic carbocycles. The van der Waals surface area contributed by atoms with Crippen molar-refractivity contribution in [1.29, 1.82) is 0 Å². The molecule has 0 aromatic carbocycles. The van der Waals surface area contributed by atoms with Gasteiger partial charge in [-0.3, -0.25) is 0 Å². The highest BCUT2D eigenvalue weighted by Gasteiger charge is 2.80. The van der Waals surface area contributed by atoms with E-state index < -0.39 is 11.3 Å². The Kier molecular flexibility index (Phi) is 3.13. The van der Waals surface area contributed by atoms with E-state index in [-0.39, 0.29) is 24.2 Å². The Bertz CT molecular complexity index is 212. The minimum absolute atomic E-state index is 0. The lowest BCUT2D eigenvalue weighted by atomic mass is 9.90. The summed E-state index contributed by atoms with van der Waals surface area (Å²) in [7, 11) is 0. The third kappa shape index (κ3) is 1.36. The fourth-order valence-corrected chi connectivity index (χ4v) is 3.08. The molecule has 2 aliphatic rings. The molecule has 2 rings (SSSR count). The van der Waals surface area contributed by atoms with Crippen molar-refractivity contribution in [3.05, 3.63) is 0 Å². The first-order valence-corrected chi connectivity index (χ1v) is 5.11. The zero-order chi connectivity index (χ0) is 9.69. The molecule has 1 spiro atoms. The number of hydrogen-bond acceptors (Lipinski definition) is 1. The zero-order valence-corrected chi connectivity index (χ0v) is 9.46. The molecule has 14 heavy (non-hydrogen) atoms. The van der Waals surface area contributed by atoms with Crippen molar-refractivity contribution in [3.8, 4) is 0 Å².